The molecule has 5 N–H and O–H groups in total. The first-order chi connectivity index (χ1) is 12.2. The Balaban J connectivity index is 1.73. The van der Waals surface area contributed by atoms with Gasteiger partial charge in [-0.3, -0.25) is 13.8 Å². The van der Waals surface area contributed by atoms with Crippen LogP contribution in [0.4, 0.5) is 5.82 Å². The van der Waals surface area contributed by atoms with Gasteiger partial charge in [0.05, 0.1) is 11.8 Å². The van der Waals surface area contributed by atoms with Crippen molar-refractivity contribution in [2.75, 3.05) is 12.3 Å². The number of fused-ring (bicyclic) bond motifs is 2. The highest BCUT2D eigenvalue weighted by Crippen LogP contribution is 2.58. The van der Waals surface area contributed by atoms with E-state index in [0.717, 1.165) is 0 Å². The molecular weight excluding hydrogens is 394 g/mol. The maximum absolute atomic E-state index is 11.9. The van der Waals surface area contributed by atoms with E-state index in [1.807, 2.05) is 0 Å². The summed E-state index contributed by atoms with van der Waals surface area (Å²) in [6.07, 6.45) is -2.73. The van der Waals surface area contributed by atoms with Gasteiger partial charge in [-0.2, -0.15) is 0 Å². The highest BCUT2D eigenvalue weighted by Gasteiger charge is 2.58. The predicted octanol–water partition coefficient (Wildman–Crippen LogP) is -0.245. The number of rotatable bonds is 4. The van der Waals surface area contributed by atoms with E-state index in [4.69, 9.17) is 24.4 Å². The Morgan fingerprint density at radius 2 is 2.19 bits per heavy atom. The number of aromatic amines is 1. The van der Waals surface area contributed by atoms with Gasteiger partial charge in [0.1, 0.15) is 30.7 Å². The zero-order chi connectivity index (χ0) is 18.6. The molecule has 4 rings (SSSR count). The van der Waals surface area contributed by atoms with E-state index in [-0.39, 0.29) is 17.9 Å². The molecule has 26 heavy (non-hydrogen) atoms. The fourth-order valence-electron chi connectivity index (χ4n) is 3.04. The Morgan fingerprint density at radius 3 is 2.92 bits per heavy atom. The van der Waals surface area contributed by atoms with Crippen LogP contribution in [0.5, 0.6) is 0 Å². The Kier molecular flexibility index (Phi) is 4.21. The number of nitrogens with zero attached hydrogens (tertiary/aromatic N) is 2. The zero-order valence-corrected chi connectivity index (χ0v) is 14.6. The molecule has 0 spiro atoms. The summed E-state index contributed by atoms with van der Waals surface area (Å²) in [6, 6.07) is 1.45. The summed E-state index contributed by atoms with van der Waals surface area (Å²) in [6.45, 7) is -0.373. The van der Waals surface area contributed by atoms with E-state index in [0.29, 0.717) is 5.52 Å². The van der Waals surface area contributed by atoms with Gasteiger partial charge in [-0.25, -0.2) is 9.55 Å². The number of H-pyrrole nitrogens is 1. The molecule has 2 aliphatic rings. The van der Waals surface area contributed by atoms with Crippen molar-refractivity contribution < 1.29 is 37.2 Å². The molecule has 0 saturated carbocycles. The first kappa shape index (κ1) is 17.7. The molecule has 0 aliphatic carbocycles. The monoisotopic (exact) mass is 407 g/mol. The second-order valence-electron chi connectivity index (χ2n) is 5.65. The van der Waals surface area contributed by atoms with Crippen LogP contribution in [0.3, 0.4) is 0 Å². The quantitative estimate of drug-likeness (QED) is 0.489. The standard InChI is InChI=1S/C11H12N4O9P2/c12-6-1-4-7(10(16)14-6)13-3-15(4)11-9-8(23-26(19,20)24-9)5(22-11)2-21-25(17)18/h1,3,5,8-9,11H,2H2,(H4-,12,14,16,17,18,19,20)/p+1/t5-,8?,9?,11-/m1/s1. The largest absolute Gasteiger partial charge is 0.694 e. The SMILES string of the molecule is Nc1cc2c(ncn2[C@@H]2O[C@H](CO[P+](=O)O)C3OP(=O)(O)OC32)c(=O)[nH]1. The Labute approximate surface area is 145 Å². The second kappa shape index (κ2) is 6.19. The summed E-state index contributed by atoms with van der Waals surface area (Å²) in [4.78, 5) is 36.7. The highest BCUT2D eigenvalue weighted by atomic mass is 31.2. The lowest BCUT2D eigenvalue weighted by molar-refractivity contribution is -0.0552. The normalized spacial score (nSPS) is 34.3. The number of phosphoric ester groups is 1. The van der Waals surface area contributed by atoms with Crippen molar-refractivity contribution in [3.8, 4) is 0 Å². The van der Waals surface area contributed by atoms with Crippen molar-refractivity contribution in [3.63, 3.8) is 0 Å². The van der Waals surface area contributed by atoms with Gasteiger partial charge in [-0.15, -0.1) is 9.42 Å². The van der Waals surface area contributed by atoms with Crippen LogP contribution in [0.25, 0.3) is 11.0 Å². The van der Waals surface area contributed by atoms with Gasteiger partial charge >= 0.3 is 16.1 Å². The molecule has 0 aromatic carbocycles. The van der Waals surface area contributed by atoms with Gasteiger partial charge in [0.25, 0.3) is 5.56 Å². The minimum Gasteiger partial charge on any atom is -0.385 e. The number of hydrogen-bond donors (Lipinski definition) is 4. The van der Waals surface area contributed by atoms with Gasteiger partial charge in [0, 0.05) is 10.6 Å². The molecule has 0 radical (unpaired) electrons. The van der Waals surface area contributed by atoms with Gasteiger partial charge < -0.3 is 24.9 Å². The van der Waals surface area contributed by atoms with Crippen LogP contribution in [0, 0.1) is 0 Å². The van der Waals surface area contributed by atoms with Crippen LogP contribution in [0.2, 0.25) is 0 Å². The first-order valence-corrected chi connectivity index (χ1v) is 9.87. The van der Waals surface area contributed by atoms with Crippen LogP contribution < -0.4 is 11.3 Å². The van der Waals surface area contributed by atoms with E-state index in [1.165, 1.54) is 17.0 Å². The lowest BCUT2D eigenvalue weighted by Crippen LogP contribution is -2.31. The minimum atomic E-state index is -4.32. The lowest BCUT2D eigenvalue weighted by atomic mass is 10.1. The van der Waals surface area contributed by atoms with E-state index in [2.05, 4.69) is 14.5 Å². The fourth-order valence-corrected chi connectivity index (χ4v) is 4.46. The molecule has 15 heteroatoms. The van der Waals surface area contributed by atoms with Crippen LogP contribution in [-0.4, -0.2) is 49.2 Å². The molecule has 2 aromatic heterocycles. The van der Waals surface area contributed by atoms with Gasteiger partial charge in [0.15, 0.2) is 11.7 Å². The number of nitrogens with two attached hydrogens (primary N) is 1. The third-order valence-corrected chi connectivity index (χ3v) is 5.41. The lowest BCUT2D eigenvalue weighted by Gasteiger charge is -2.19. The number of nitrogens with one attached hydrogen (secondary N) is 1. The van der Waals surface area contributed by atoms with Crippen LogP contribution in [-0.2, 0) is 27.4 Å². The molecule has 2 saturated heterocycles. The fraction of sp³-hybridized carbons (Fsp3) is 0.455. The van der Waals surface area contributed by atoms with Crippen molar-refractivity contribution in [1.82, 2.24) is 14.5 Å². The molecule has 0 bridgehead atoms. The van der Waals surface area contributed by atoms with Crippen LogP contribution in [0.15, 0.2) is 17.2 Å². The number of nitrogen functional groups attached to an aromatic ring is 1. The Hall–Kier alpha value is -1.69. The minimum absolute atomic E-state index is 0.0867. The molecule has 2 fully saturated rings. The summed E-state index contributed by atoms with van der Waals surface area (Å²) < 4.78 is 44.4. The van der Waals surface area contributed by atoms with Crippen LogP contribution >= 0.6 is 16.1 Å². The number of pyridine rings is 1. The highest BCUT2D eigenvalue weighted by molar-refractivity contribution is 7.47. The number of hydrogen-bond acceptors (Lipinski definition) is 9. The first-order valence-electron chi connectivity index (χ1n) is 7.24. The van der Waals surface area contributed by atoms with Gasteiger partial charge in [-0.05, 0) is 0 Å². The third-order valence-electron chi connectivity index (χ3n) is 4.02. The Bertz CT molecular complexity index is 990. The van der Waals surface area contributed by atoms with E-state index >= 15 is 0 Å². The zero-order valence-electron chi connectivity index (χ0n) is 12.8. The summed E-state index contributed by atoms with van der Waals surface area (Å²) in [7, 11) is -7.21. The van der Waals surface area contributed by atoms with Crippen molar-refractivity contribution in [3.05, 3.63) is 22.7 Å². The molecule has 2 aliphatic heterocycles. The number of ether oxygens (including phenoxy) is 1. The van der Waals surface area contributed by atoms with E-state index in [1.54, 1.807) is 0 Å². The average molecular weight is 407 g/mol. The topological polar surface area (TPSA) is 188 Å². The number of imidazole rings is 1. The molecule has 0 amide bonds. The molecule has 13 nitrogen and oxygen atoms in total. The summed E-state index contributed by atoms with van der Waals surface area (Å²) >= 11 is 0. The summed E-state index contributed by atoms with van der Waals surface area (Å²) in [5.74, 6) is 0.0902. The van der Waals surface area contributed by atoms with Crippen molar-refractivity contribution in [2.24, 2.45) is 0 Å². The predicted molar refractivity (Wildman–Crippen MR) is 84.0 cm³/mol. The van der Waals surface area contributed by atoms with Crippen molar-refractivity contribution in [1.29, 1.82) is 0 Å². The van der Waals surface area contributed by atoms with Gasteiger partial charge in [-0.1, -0.05) is 0 Å². The molecule has 140 valence electrons. The Morgan fingerprint density at radius 1 is 1.46 bits per heavy atom. The van der Waals surface area contributed by atoms with Crippen molar-refractivity contribution in [2.45, 2.75) is 24.5 Å². The summed E-state index contributed by atoms with van der Waals surface area (Å²) in [5.41, 5.74) is 5.54. The molecular formula is C11H13N4O9P2+. The van der Waals surface area contributed by atoms with E-state index in [9.17, 15) is 18.8 Å². The number of phosphoric acid groups is 1. The van der Waals surface area contributed by atoms with E-state index < -0.39 is 46.2 Å². The molecule has 6 atom stereocenters. The van der Waals surface area contributed by atoms with Crippen molar-refractivity contribution >= 4 is 32.9 Å². The maximum Gasteiger partial charge on any atom is 0.694 e. The number of anilines is 1. The number of aromatic nitrogens is 3. The molecule has 4 heterocycles. The third kappa shape index (κ3) is 2.98. The smallest absolute Gasteiger partial charge is 0.385 e. The average Bonchev–Trinajstić information content (AvgIpc) is 3.16. The van der Waals surface area contributed by atoms with Gasteiger partial charge in [0.2, 0.25) is 0 Å². The van der Waals surface area contributed by atoms with Crippen LogP contribution in [0.1, 0.15) is 6.23 Å². The maximum atomic E-state index is 11.9. The molecule has 2 aromatic rings. The second-order valence-corrected chi connectivity index (χ2v) is 7.74. The summed E-state index contributed by atoms with van der Waals surface area (Å²) in [5, 5.41) is 0. The molecule has 4 unspecified atom stereocenters.